The van der Waals surface area contributed by atoms with E-state index < -0.39 is 16.1 Å². The van der Waals surface area contributed by atoms with Crippen molar-refractivity contribution in [3.05, 3.63) is 0 Å². The van der Waals surface area contributed by atoms with E-state index in [1.807, 2.05) is 0 Å². The molecule has 0 N–H and O–H groups in total. The largest absolute Gasteiger partial charge is 0.379 e. The number of epoxide rings is 2. The molecule has 5 fully saturated rings. The molecule has 5 aliphatic rings. The standard InChI is InChI=1S/C11H22OSi.C9H20O2Si.C7H12/c1-13(2,3)7-6-9-4-5-10-11(8-9)12-10;1-12(2,3)6-4-5-10-7-9-8-11-9;1-2-7-4-3-6(1)5-7/h9-11H,4-8H2,1-3H3;9H,4-8H2,1-3H3;6-7H,1-5H2. The van der Waals surface area contributed by atoms with Crippen molar-refractivity contribution in [3.8, 4) is 0 Å². The van der Waals surface area contributed by atoms with Gasteiger partial charge in [0.15, 0.2) is 0 Å². The summed E-state index contributed by atoms with van der Waals surface area (Å²) in [6, 6.07) is 2.88. The molecular formula is C27H54O3Si2. The van der Waals surface area contributed by atoms with Crippen LogP contribution in [0.25, 0.3) is 0 Å². The third kappa shape index (κ3) is 11.6. The maximum atomic E-state index is 5.55. The third-order valence-electron chi connectivity index (χ3n) is 7.97. The second-order valence-corrected chi connectivity index (χ2v) is 25.1. The summed E-state index contributed by atoms with van der Waals surface area (Å²) in [6.45, 7) is 17.3. The van der Waals surface area contributed by atoms with E-state index >= 15 is 0 Å². The van der Waals surface area contributed by atoms with Crippen molar-refractivity contribution in [1.29, 1.82) is 0 Å². The fourth-order valence-corrected chi connectivity index (χ4v) is 8.12. The van der Waals surface area contributed by atoms with Gasteiger partial charge in [-0.15, -0.1) is 0 Å². The summed E-state index contributed by atoms with van der Waals surface area (Å²) < 4.78 is 16.0. The van der Waals surface area contributed by atoms with Crippen LogP contribution in [0.5, 0.6) is 0 Å². The summed E-state index contributed by atoms with van der Waals surface area (Å²) in [7, 11) is -1.62. The van der Waals surface area contributed by atoms with Crippen LogP contribution in [0.3, 0.4) is 0 Å². The molecule has 2 saturated heterocycles. The van der Waals surface area contributed by atoms with Crippen LogP contribution >= 0.6 is 0 Å². The molecule has 2 bridgehead atoms. The lowest BCUT2D eigenvalue weighted by Gasteiger charge is -2.23. The first-order valence-electron chi connectivity index (χ1n) is 13.9. The average Bonchev–Trinajstić information content (AvgIpc) is 3.61. The van der Waals surface area contributed by atoms with E-state index in [2.05, 4.69) is 39.3 Å². The van der Waals surface area contributed by atoms with E-state index in [4.69, 9.17) is 14.2 Å². The van der Waals surface area contributed by atoms with Crippen molar-refractivity contribution < 1.29 is 14.2 Å². The number of ether oxygens (including phenoxy) is 3. The van der Waals surface area contributed by atoms with Gasteiger partial charge in [0.2, 0.25) is 0 Å². The quantitative estimate of drug-likeness (QED) is 0.193. The second kappa shape index (κ2) is 12.3. The Kier molecular flexibility index (Phi) is 10.4. The molecule has 4 atom stereocenters. The van der Waals surface area contributed by atoms with Gasteiger partial charge in [-0.05, 0) is 49.9 Å². The van der Waals surface area contributed by atoms with E-state index in [0.717, 1.165) is 25.7 Å². The Morgan fingerprint density at radius 3 is 1.84 bits per heavy atom. The number of hydrogen-bond acceptors (Lipinski definition) is 3. The molecule has 32 heavy (non-hydrogen) atoms. The van der Waals surface area contributed by atoms with Gasteiger partial charge in [-0.3, -0.25) is 0 Å². The average molecular weight is 483 g/mol. The predicted octanol–water partition coefficient (Wildman–Crippen LogP) is 7.61. The topological polar surface area (TPSA) is 34.3 Å². The van der Waals surface area contributed by atoms with Crippen molar-refractivity contribution in [1.82, 2.24) is 0 Å². The van der Waals surface area contributed by atoms with Gasteiger partial charge >= 0.3 is 0 Å². The predicted molar refractivity (Wildman–Crippen MR) is 142 cm³/mol. The van der Waals surface area contributed by atoms with Crippen molar-refractivity contribution in [2.24, 2.45) is 17.8 Å². The fourth-order valence-electron chi connectivity index (χ4n) is 5.64. The van der Waals surface area contributed by atoms with Gasteiger partial charge in [0.05, 0.1) is 25.4 Å². The molecule has 2 heterocycles. The molecule has 0 aromatic carbocycles. The molecule has 0 amide bonds. The lowest BCUT2D eigenvalue weighted by Crippen LogP contribution is -2.22. The maximum absolute atomic E-state index is 5.55. The van der Waals surface area contributed by atoms with Crippen molar-refractivity contribution in [3.63, 3.8) is 0 Å². The molecule has 3 nitrogen and oxygen atoms in total. The van der Waals surface area contributed by atoms with Crippen LogP contribution < -0.4 is 0 Å². The Bertz CT molecular complexity index is 520. The lowest BCUT2D eigenvalue weighted by molar-refractivity contribution is 0.117. The highest BCUT2D eigenvalue weighted by Crippen LogP contribution is 2.44. The molecule has 5 heteroatoms. The monoisotopic (exact) mass is 482 g/mol. The Hall–Kier alpha value is 0.314. The summed E-state index contributed by atoms with van der Waals surface area (Å²) in [6.07, 6.45) is 16.5. The van der Waals surface area contributed by atoms with Crippen LogP contribution in [-0.4, -0.2) is 54.3 Å². The minimum absolute atomic E-state index is 0.428. The van der Waals surface area contributed by atoms with Crippen LogP contribution in [-0.2, 0) is 14.2 Å². The van der Waals surface area contributed by atoms with Gasteiger partial charge in [0.25, 0.3) is 0 Å². The van der Waals surface area contributed by atoms with Gasteiger partial charge < -0.3 is 14.2 Å². The summed E-state index contributed by atoms with van der Waals surface area (Å²) in [5.74, 6) is 3.34. The molecule has 0 radical (unpaired) electrons. The molecule has 3 saturated carbocycles. The second-order valence-electron chi connectivity index (χ2n) is 13.8. The van der Waals surface area contributed by atoms with E-state index in [9.17, 15) is 0 Å². The minimum atomic E-state index is -0.830. The molecule has 2 aliphatic heterocycles. The summed E-state index contributed by atoms with van der Waals surface area (Å²) >= 11 is 0. The van der Waals surface area contributed by atoms with Gasteiger partial charge in [0, 0.05) is 22.8 Å². The van der Waals surface area contributed by atoms with Crippen LogP contribution in [0.1, 0.15) is 64.2 Å². The number of fused-ring (bicyclic) bond motifs is 3. The molecule has 0 aromatic heterocycles. The van der Waals surface area contributed by atoms with Gasteiger partial charge in [-0.1, -0.05) is 83.5 Å². The molecule has 0 aromatic rings. The van der Waals surface area contributed by atoms with Gasteiger partial charge in [-0.2, -0.15) is 0 Å². The number of hydrogen-bond donors (Lipinski definition) is 0. The lowest BCUT2D eigenvalue weighted by atomic mass is 9.88. The highest BCUT2D eigenvalue weighted by Gasteiger charge is 2.43. The van der Waals surface area contributed by atoms with E-state index in [-0.39, 0.29) is 0 Å². The normalized spacial score (nSPS) is 34.7. The van der Waals surface area contributed by atoms with E-state index in [0.29, 0.717) is 18.3 Å². The summed E-state index contributed by atoms with van der Waals surface area (Å²) in [4.78, 5) is 0. The molecular weight excluding hydrogens is 428 g/mol. The molecule has 5 rings (SSSR count). The first-order chi connectivity index (χ1) is 15.1. The van der Waals surface area contributed by atoms with Crippen LogP contribution in [0, 0.1) is 17.8 Å². The smallest absolute Gasteiger partial charge is 0.104 e. The molecule has 4 unspecified atom stereocenters. The summed E-state index contributed by atoms with van der Waals surface area (Å²) in [5.41, 5.74) is 0. The Morgan fingerprint density at radius 2 is 1.38 bits per heavy atom. The zero-order valence-electron chi connectivity index (χ0n) is 22.3. The Labute approximate surface area is 201 Å². The molecule has 0 spiro atoms. The van der Waals surface area contributed by atoms with Crippen LogP contribution in [0.2, 0.25) is 51.4 Å². The highest BCUT2D eigenvalue weighted by atomic mass is 28.3. The maximum Gasteiger partial charge on any atom is 0.104 e. The van der Waals surface area contributed by atoms with Gasteiger partial charge in [0.1, 0.15) is 6.10 Å². The van der Waals surface area contributed by atoms with Crippen molar-refractivity contribution in [2.75, 3.05) is 19.8 Å². The first-order valence-corrected chi connectivity index (χ1v) is 21.3. The zero-order chi connectivity index (χ0) is 23.2. The van der Waals surface area contributed by atoms with Crippen LogP contribution in [0.4, 0.5) is 0 Å². The third-order valence-corrected chi connectivity index (χ3v) is 11.6. The zero-order valence-corrected chi connectivity index (χ0v) is 24.3. The minimum Gasteiger partial charge on any atom is -0.379 e. The van der Waals surface area contributed by atoms with E-state index in [1.54, 1.807) is 32.1 Å². The van der Waals surface area contributed by atoms with E-state index in [1.165, 1.54) is 56.0 Å². The highest BCUT2D eigenvalue weighted by molar-refractivity contribution is 6.76. The van der Waals surface area contributed by atoms with Crippen molar-refractivity contribution in [2.45, 2.75) is 134 Å². The first kappa shape index (κ1) is 26.9. The van der Waals surface area contributed by atoms with Crippen molar-refractivity contribution >= 4 is 16.1 Å². The molecule has 188 valence electrons. The SMILES string of the molecule is C1CC2CCC1C2.C[Si](C)(C)CCC1CCC2OC2C1.C[Si](C)(C)CCCOCC1CO1. The Morgan fingerprint density at radius 1 is 0.750 bits per heavy atom. The summed E-state index contributed by atoms with van der Waals surface area (Å²) in [5, 5.41) is 0. The number of rotatable bonds is 9. The Balaban J connectivity index is 0.000000141. The fraction of sp³-hybridized carbons (Fsp3) is 1.00. The van der Waals surface area contributed by atoms with Gasteiger partial charge in [-0.25, -0.2) is 0 Å². The molecule has 3 aliphatic carbocycles. The van der Waals surface area contributed by atoms with Crippen LogP contribution in [0.15, 0.2) is 0 Å².